The molecule has 0 bridgehead atoms. The zero-order chi connectivity index (χ0) is 14.9. The molecular formula is C18H13N3O. The second kappa shape index (κ2) is 5.07. The Kier molecular flexibility index (Phi) is 2.93. The zero-order valence-electron chi connectivity index (χ0n) is 12.0. The fourth-order valence-electron chi connectivity index (χ4n) is 2.62. The van der Waals surface area contributed by atoms with Gasteiger partial charge in [0.05, 0.1) is 16.8 Å². The van der Waals surface area contributed by atoms with Crippen molar-refractivity contribution < 1.29 is 4.52 Å². The predicted molar refractivity (Wildman–Crippen MR) is 85.2 cm³/mol. The molecule has 0 amide bonds. The van der Waals surface area contributed by atoms with E-state index in [9.17, 15) is 0 Å². The van der Waals surface area contributed by atoms with Gasteiger partial charge in [-0.2, -0.15) is 0 Å². The van der Waals surface area contributed by atoms with Crippen molar-refractivity contribution in [2.45, 2.75) is 6.92 Å². The Morgan fingerprint density at radius 2 is 1.82 bits per heavy atom. The topological polar surface area (TPSA) is 51.8 Å². The molecule has 4 rings (SSSR count). The quantitative estimate of drug-likeness (QED) is 0.552. The number of nitrogens with zero attached hydrogens (tertiary/aromatic N) is 3. The summed E-state index contributed by atoms with van der Waals surface area (Å²) in [6.07, 6.45) is 3.47. The number of para-hydroxylation sites is 1. The molecule has 0 aliphatic heterocycles. The number of pyridine rings is 2. The average Bonchev–Trinajstić information content (AvgIpc) is 3.04. The molecule has 0 N–H and O–H groups in total. The minimum absolute atomic E-state index is 0.750. The minimum atomic E-state index is 0.750. The summed E-state index contributed by atoms with van der Waals surface area (Å²) < 4.78 is 5.23. The summed E-state index contributed by atoms with van der Waals surface area (Å²) >= 11 is 0. The molecule has 3 heterocycles. The number of fused-ring (bicyclic) bond motifs is 1. The normalized spacial score (nSPS) is 11.0. The van der Waals surface area contributed by atoms with E-state index in [2.05, 4.69) is 21.2 Å². The van der Waals surface area contributed by atoms with E-state index in [1.165, 1.54) is 0 Å². The second-order valence-corrected chi connectivity index (χ2v) is 5.12. The third-order valence-electron chi connectivity index (χ3n) is 3.64. The molecule has 0 spiro atoms. The number of benzene rings is 1. The Bertz CT molecular complexity index is 954. The molecule has 0 atom stereocenters. The van der Waals surface area contributed by atoms with E-state index in [1.54, 1.807) is 12.5 Å². The second-order valence-electron chi connectivity index (χ2n) is 5.12. The maximum absolute atomic E-state index is 5.23. The lowest BCUT2D eigenvalue weighted by Gasteiger charge is -2.05. The van der Waals surface area contributed by atoms with Crippen LogP contribution in [0, 0.1) is 6.92 Å². The number of rotatable bonds is 2. The monoisotopic (exact) mass is 287 g/mol. The van der Waals surface area contributed by atoms with Crippen molar-refractivity contribution >= 4 is 10.9 Å². The Morgan fingerprint density at radius 3 is 2.73 bits per heavy atom. The van der Waals surface area contributed by atoms with Gasteiger partial charge in [-0.1, -0.05) is 29.4 Å². The average molecular weight is 287 g/mol. The van der Waals surface area contributed by atoms with E-state index >= 15 is 0 Å². The highest BCUT2D eigenvalue weighted by atomic mass is 16.5. The summed E-state index contributed by atoms with van der Waals surface area (Å²) in [4.78, 5) is 8.95. The van der Waals surface area contributed by atoms with Crippen LogP contribution in [0.25, 0.3) is 33.4 Å². The molecule has 0 aliphatic rings. The number of hydrogen-bond donors (Lipinski definition) is 0. The van der Waals surface area contributed by atoms with E-state index in [-0.39, 0.29) is 0 Å². The van der Waals surface area contributed by atoms with Crippen LogP contribution in [0.1, 0.15) is 5.69 Å². The zero-order valence-corrected chi connectivity index (χ0v) is 12.0. The van der Waals surface area contributed by atoms with Crippen LogP contribution in [0.3, 0.4) is 0 Å². The first-order valence-corrected chi connectivity index (χ1v) is 7.05. The van der Waals surface area contributed by atoms with Crippen LogP contribution in [0.4, 0.5) is 0 Å². The van der Waals surface area contributed by atoms with Gasteiger partial charge < -0.3 is 4.52 Å². The van der Waals surface area contributed by atoms with Gasteiger partial charge in [0, 0.05) is 17.3 Å². The van der Waals surface area contributed by atoms with E-state index in [1.807, 2.05) is 49.4 Å². The summed E-state index contributed by atoms with van der Waals surface area (Å²) in [5, 5.41) is 5.22. The molecule has 1 aromatic carbocycles. The fourth-order valence-corrected chi connectivity index (χ4v) is 2.62. The van der Waals surface area contributed by atoms with Gasteiger partial charge in [0.25, 0.3) is 0 Å². The molecule has 4 aromatic rings. The van der Waals surface area contributed by atoms with Gasteiger partial charge in [0.2, 0.25) is 0 Å². The third kappa shape index (κ3) is 2.05. The summed E-state index contributed by atoms with van der Waals surface area (Å²) in [5.74, 6) is 0. The van der Waals surface area contributed by atoms with Gasteiger partial charge in [-0.25, -0.2) is 0 Å². The van der Waals surface area contributed by atoms with Gasteiger partial charge >= 0.3 is 0 Å². The van der Waals surface area contributed by atoms with E-state index in [0.717, 1.165) is 39.1 Å². The number of aromatic nitrogens is 3. The summed E-state index contributed by atoms with van der Waals surface area (Å²) in [6, 6.07) is 15.9. The Balaban J connectivity index is 1.96. The van der Waals surface area contributed by atoms with Crippen molar-refractivity contribution in [2.75, 3.05) is 0 Å². The number of aryl methyl sites for hydroxylation is 1. The Morgan fingerprint density at radius 1 is 0.909 bits per heavy atom. The van der Waals surface area contributed by atoms with Crippen molar-refractivity contribution in [1.29, 1.82) is 0 Å². The first-order chi connectivity index (χ1) is 10.8. The lowest BCUT2D eigenvalue weighted by molar-refractivity contribution is 0.422. The molecule has 3 aromatic heterocycles. The van der Waals surface area contributed by atoms with Gasteiger partial charge in [0.15, 0.2) is 0 Å². The Labute approximate surface area is 127 Å². The first-order valence-electron chi connectivity index (χ1n) is 7.05. The minimum Gasteiger partial charge on any atom is -0.363 e. The summed E-state index contributed by atoms with van der Waals surface area (Å²) in [5.41, 5.74) is 5.43. The van der Waals surface area contributed by atoms with Crippen LogP contribution >= 0.6 is 0 Å². The van der Waals surface area contributed by atoms with Gasteiger partial charge in [-0.05, 0) is 36.8 Å². The largest absolute Gasteiger partial charge is 0.363 e. The highest BCUT2D eigenvalue weighted by Gasteiger charge is 2.15. The molecule has 106 valence electrons. The molecular weight excluding hydrogens is 274 g/mol. The van der Waals surface area contributed by atoms with Crippen LogP contribution < -0.4 is 0 Å². The summed E-state index contributed by atoms with van der Waals surface area (Å²) in [7, 11) is 0. The molecule has 0 unspecified atom stereocenters. The fraction of sp³-hybridized carbons (Fsp3) is 0.0556. The third-order valence-corrected chi connectivity index (χ3v) is 3.64. The van der Waals surface area contributed by atoms with Crippen molar-refractivity contribution in [2.24, 2.45) is 0 Å². The molecule has 0 fully saturated rings. The molecule has 0 radical (unpaired) electrons. The van der Waals surface area contributed by atoms with Crippen molar-refractivity contribution in [3.05, 3.63) is 66.7 Å². The molecule has 0 aliphatic carbocycles. The van der Waals surface area contributed by atoms with Crippen LogP contribution in [-0.2, 0) is 0 Å². The van der Waals surface area contributed by atoms with Crippen molar-refractivity contribution in [3.8, 4) is 22.5 Å². The van der Waals surface area contributed by atoms with Crippen LogP contribution in [0.5, 0.6) is 0 Å². The molecule has 0 saturated heterocycles. The van der Waals surface area contributed by atoms with Gasteiger partial charge in [0.1, 0.15) is 12.0 Å². The number of hydrogen-bond acceptors (Lipinski definition) is 4. The summed E-state index contributed by atoms with van der Waals surface area (Å²) in [6.45, 7) is 1.96. The van der Waals surface area contributed by atoms with E-state index in [4.69, 9.17) is 4.52 Å². The lowest BCUT2D eigenvalue weighted by Crippen LogP contribution is -1.90. The standard InChI is InChI=1S/C18H13N3O/c1-12-5-4-8-17(20-12)18-15(11-22-21-18)13-9-10-19-16-7-3-2-6-14(13)16/h2-11H,1H3. The maximum Gasteiger partial charge on any atom is 0.140 e. The maximum atomic E-state index is 5.23. The van der Waals surface area contributed by atoms with Crippen molar-refractivity contribution in [3.63, 3.8) is 0 Å². The van der Waals surface area contributed by atoms with E-state index in [0.29, 0.717) is 0 Å². The van der Waals surface area contributed by atoms with E-state index < -0.39 is 0 Å². The van der Waals surface area contributed by atoms with Gasteiger partial charge in [-0.15, -0.1) is 0 Å². The lowest BCUT2D eigenvalue weighted by atomic mass is 10.0. The SMILES string of the molecule is Cc1cccc(-c2nocc2-c2ccnc3ccccc23)n1. The highest BCUT2D eigenvalue weighted by molar-refractivity contribution is 5.97. The highest BCUT2D eigenvalue weighted by Crippen LogP contribution is 2.34. The van der Waals surface area contributed by atoms with Crippen LogP contribution in [0.15, 0.2) is 65.5 Å². The van der Waals surface area contributed by atoms with Gasteiger partial charge in [-0.3, -0.25) is 9.97 Å². The first kappa shape index (κ1) is 12.7. The smallest absolute Gasteiger partial charge is 0.140 e. The van der Waals surface area contributed by atoms with Crippen LogP contribution in [-0.4, -0.2) is 15.1 Å². The molecule has 4 heteroatoms. The Hall–Kier alpha value is -3.01. The molecule has 4 nitrogen and oxygen atoms in total. The predicted octanol–water partition coefficient (Wildman–Crippen LogP) is 4.26. The molecule has 22 heavy (non-hydrogen) atoms. The van der Waals surface area contributed by atoms with Crippen LogP contribution in [0.2, 0.25) is 0 Å². The molecule has 0 saturated carbocycles. The van der Waals surface area contributed by atoms with Crippen molar-refractivity contribution in [1.82, 2.24) is 15.1 Å².